The van der Waals surface area contributed by atoms with Crippen molar-refractivity contribution in [1.29, 1.82) is 5.26 Å². The minimum atomic E-state index is -3.29. The molecule has 0 amide bonds. The normalized spacial score (nSPS) is 27.3. The summed E-state index contributed by atoms with van der Waals surface area (Å²) in [6.45, 7) is 2.51. The summed E-state index contributed by atoms with van der Waals surface area (Å²) in [6.07, 6.45) is 15.9. The number of alkyl halides is 2. The quantitative estimate of drug-likeness (QED) is 0.128. The first kappa shape index (κ1) is 58.7. The number of halogens is 9. The molecule has 2 saturated heterocycles. The van der Waals surface area contributed by atoms with Crippen molar-refractivity contribution in [2.24, 2.45) is 11.8 Å². The van der Waals surface area contributed by atoms with Crippen molar-refractivity contribution in [2.45, 2.75) is 100.0 Å². The molecule has 2 aliphatic heterocycles. The molecule has 6 aliphatic rings. The van der Waals surface area contributed by atoms with Crippen molar-refractivity contribution in [3.63, 3.8) is 0 Å². The first-order valence-electron chi connectivity index (χ1n) is 19.6. The van der Waals surface area contributed by atoms with Crippen LogP contribution in [0.15, 0.2) is 34.8 Å². The fourth-order valence-electron chi connectivity index (χ4n) is 10.8. The monoisotopic (exact) mass is 1390 g/mol. The van der Waals surface area contributed by atoms with Gasteiger partial charge in [-0.1, -0.05) is 42.5 Å². The van der Waals surface area contributed by atoms with Gasteiger partial charge < -0.3 is 19.3 Å². The molecule has 2 aromatic rings. The summed E-state index contributed by atoms with van der Waals surface area (Å²) < 4.78 is 12.2. The summed E-state index contributed by atoms with van der Waals surface area (Å²) in [4.78, 5) is 5.25. The average molecular weight is 1390 g/mol. The van der Waals surface area contributed by atoms with Crippen molar-refractivity contribution in [3.05, 3.63) is 57.1 Å². The van der Waals surface area contributed by atoms with Crippen molar-refractivity contribution in [1.82, 2.24) is 9.80 Å². The fourth-order valence-corrected chi connectivity index (χ4v) is 17.9. The number of thiocyanates is 1. The molecule has 346 valence electrons. The molecule has 2 saturated carbocycles. The Balaban J connectivity index is 0.000000230. The van der Waals surface area contributed by atoms with E-state index >= 15 is 0 Å². The summed E-state index contributed by atoms with van der Waals surface area (Å²) in [5, 5.41) is 8.65. The van der Waals surface area contributed by atoms with Gasteiger partial charge in [0, 0.05) is 56.4 Å². The first-order chi connectivity index (χ1) is 28.7. The predicted octanol–water partition coefficient (Wildman–Crippen LogP) is 13.8. The van der Waals surface area contributed by atoms with Crippen LogP contribution in [0.25, 0.3) is 0 Å². The second-order valence-electron chi connectivity index (χ2n) is 15.8. The molecule has 2 aromatic carbocycles. The van der Waals surface area contributed by atoms with E-state index in [0.717, 1.165) is 39.9 Å². The van der Waals surface area contributed by atoms with Crippen LogP contribution in [0.3, 0.4) is 0 Å². The third-order valence-corrected chi connectivity index (χ3v) is 36.1. The van der Waals surface area contributed by atoms with Crippen LogP contribution < -0.4 is 9.47 Å². The second-order valence-corrected chi connectivity index (χ2v) is 62.4. The molecule has 61 heavy (non-hydrogen) atoms. The Morgan fingerprint density at radius 3 is 1.67 bits per heavy atom. The van der Waals surface area contributed by atoms with E-state index in [9.17, 15) is 0 Å². The SMILES string of the molecule is BrBr.COc1cc2c(cc1Br)CC1C3CCCC[C@@]23CCN1C.COc1ccc2c(c1)[C@]13CCCCC1C(C2)N(C)CC3.CSS(=S)(=S)S(=S)(=S)C#N.ClCCl.[Cl][Sn]([Cl])([Cl])[Cl]. The summed E-state index contributed by atoms with van der Waals surface area (Å²) in [6, 6.07) is 13.0. The number of ether oxygens (including phenoxy) is 2. The molecule has 4 aliphatic carbocycles. The Kier molecular flexibility index (Phi) is 25.5. The van der Waals surface area contributed by atoms with Crippen LogP contribution in [-0.2, 0) is 79.8 Å². The van der Waals surface area contributed by atoms with Gasteiger partial charge in [0.15, 0.2) is 5.40 Å². The van der Waals surface area contributed by atoms with Gasteiger partial charge in [0.1, 0.15) is 11.5 Å². The number of benzene rings is 2. The number of likely N-dealkylation sites (N-methyl/N-ethyl adjacent to an activating group) is 2. The van der Waals surface area contributed by atoms with Gasteiger partial charge in [-0.15, -0.1) is 23.2 Å². The van der Waals surface area contributed by atoms with Crippen LogP contribution in [0.4, 0.5) is 0 Å². The number of rotatable bonds is 4. The minimum absolute atomic E-state index is 0.194. The Morgan fingerprint density at radius 2 is 1.26 bits per heavy atom. The van der Waals surface area contributed by atoms with Crippen LogP contribution in [0.2, 0.25) is 0 Å². The zero-order valence-electron chi connectivity index (χ0n) is 34.7. The van der Waals surface area contributed by atoms with Crippen LogP contribution >= 0.6 is 114 Å². The van der Waals surface area contributed by atoms with Gasteiger partial charge in [-0.25, -0.2) is 0 Å². The Hall–Kier alpha value is 3.36. The average Bonchev–Trinajstić information content (AvgIpc) is 3.24. The van der Waals surface area contributed by atoms with Crippen LogP contribution in [-0.4, -0.2) is 88.8 Å². The molecule has 0 radical (unpaired) electrons. The maximum atomic E-state index is 8.51. The Labute approximate surface area is 440 Å². The summed E-state index contributed by atoms with van der Waals surface area (Å²) in [5.74, 6) is 3.77. The van der Waals surface area contributed by atoms with Gasteiger partial charge in [0.05, 0.1) is 30.2 Å². The fraction of sp³-hybridized carbons (Fsp3) is 0.667. The standard InChI is InChI=1S/C18H24BrNO.C18H25NO.C2H3NS7.CH2Cl2.Br2.4ClH.Sn/c1-20-8-7-18-6-4-3-5-13(18)16(20)10-12-9-15(19)17(21-2)11-14(12)18;1-19-10-9-18-8-4-3-5-15(18)17(19)11-13-6-7-14(20-2)12-16(13)18;1-8-10(6,7)9(4,5)2-3;2-1-3;1-2;;;;;/h9,11,13,16H,3-8,10H2,1-2H3;6-7,12,15,17H,3-5,8-11H2,1-2H3;1H3;1H2;;4*1H;/q;;;;;;;;;+4/p-4/t13?,16?,18-;15?,17?,18-;;;;;;;;/m00......../s1. The topological polar surface area (TPSA) is 48.7 Å². The molecule has 0 aromatic heterocycles. The number of nitriles is 1. The molecule has 6 atom stereocenters. The number of fused-ring (bicyclic) bond motifs is 2. The van der Waals surface area contributed by atoms with E-state index in [1.807, 2.05) is 5.40 Å². The molecule has 4 fully saturated rings. The first-order valence-corrected chi connectivity index (χ1v) is 48.9. The van der Waals surface area contributed by atoms with Crippen LogP contribution in [0, 0.1) is 22.5 Å². The molecule has 0 N–H and O–H groups in total. The van der Waals surface area contributed by atoms with Crippen LogP contribution in [0.1, 0.15) is 86.5 Å². The van der Waals surface area contributed by atoms with Crippen molar-refractivity contribution < 1.29 is 9.47 Å². The Bertz CT molecular complexity index is 2030. The second kappa shape index (κ2) is 26.5. The van der Waals surface area contributed by atoms with Crippen molar-refractivity contribution >= 4 is 184 Å². The number of hydrogen-bond acceptors (Lipinski definition) is 10. The molecule has 2 heterocycles. The van der Waals surface area contributed by atoms with Gasteiger partial charge in [-0.3, -0.25) is 0 Å². The molecular weight excluding hydrogens is 1340 g/mol. The predicted molar refractivity (Wildman–Crippen MR) is 297 cm³/mol. The Morgan fingerprint density at radius 1 is 0.803 bits per heavy atom. The van der Waals surface area contributed by atoms with Crippen molar-refractivity contribution in [2.75, 3.05) is 53.0 Å². The van der Waals surface area contributed by atoms with Gasteiger partial charge in [0.25, 0.3) is 0 Å². The summed E-state index contributed by atoms with van der Waals surface area (Å²) in [7, 11) is 29.7. The summed E-state index contributed by atoms with van der Waals surface area (Å²) >= 11 is 35.0. The van der Waals surface area contributed by atoms with Gasteiger partial charge in [-0.2, -0.15) is 5.26 Å². The molecule has 22 heteroatoms. The molecule has 0 spiro atoms. The van der Waals surface area contributed by atoms with Crippen LogP contribution in [0.5, 0.6) is 11.5 Å². The molecular formula is C39H54Br3Cl6N3O2S7Sn. The van der Waals surface area contributed by atoms with Crippen molar-refractivity contribution in [3.8, 4) is 16.9 Å². The van der Waals surface area contributed by atoms with Gasteiger partial charge in [-0.05, 0) is 204 Å². The van der Waals surface area contributed by atoms with Gasteiger partial charge >= 0.3 is 49.6 Å². The zero-order valence-corrected chi connectivity index (χ0v) is 52.6. The zero-order chi connectivity index (χ0) is 46.0. The molecule has 5 nitrogen and oxygen atoms in total. The molecule has 8 rings (SSSR count). The van der Waals surface area contributed by atoms with E-state index < -0.39 is 25.3 Å². The summed E-state index contributed by atoms with van der Waals surface area (Å²) in [5.41, 5.74) is 7.26. The van der Waals surface area contributed by atoms with E-state index in [2.05, 4.69) is 98.4 Å². The number of piperidine rings is 2. The maximum absolute atomic E-state index is 8.51. The van der Waals surface area contributed by atoms with E-state index in [1.165, 1.54) is 101 Å². The van der Waals surface area contributed by atoms with Gasteiger partial charge in [0.2, 0.25) is 0 Å². The van der Waals surface area contributed by atoms with E-state index in [1.54, 1.807) is 42.7 Å². The number of methoxy groups -OCH3 is 2. The van der Waals surface area contributed by atoms with E-state index in [4.69, 9.17) is 118 Å². The molecule has 4 unspecified atom stereocenters. The number of nitrogens with zero attached hydrogens (tertiary/aromatic N) is 3. The number of likely N-dealkylation sites (tertiary alicyclic amines) is 2. The van der Waals surface area contributed by atoms with E-state index in [0.29, 0.717) is 10.8 Å². The van der Waals surface area contributed by atoms with E-state index in [-0.39, 0.29) is 5.34 Å². The molecule has 4 bridgehead atoms. The number of hydrogen-bond donors (Lipinski definition) is 0. The third-order valence-electron chi connectivity index (χ3n) is 13.3. The third kappa shape index (κ3) is 14.7.